The van der Waals surface area contributed by atoms with Crippen LogP contribution in [0.5, 0.6) is 0 Å². The molecule has 0 fully saturated rings. The highest BCUT2D eigenvalue weighted by atomic mass is 15.2. The van der Waals surface area contributed by atoms with Crippen molar-refractivity contribution in [3.63, 3.8) is 0 Å². The van der Waals surface area contributed by atoms with Crippen LogP contribution in [0.3, 0.4) is 0 Å². The number of pyridine rings is 1. The summed E-state index contributed by atoms with van der Waals surface area (Å²) in [7, 11) is 2.04. The molecule has 6 nitrogen and oxygen atoms in total. The fourth-order valence-electron chi connectivity index (χ4n) is 3.73. The molecule has 0 aliphatic carbocycles. The van der Waals surface area contributed by atoms with Crippen LogP contribution in [0, 0.1) is 0 Å². The van der Waals surface area contributed by atoms with Gasteiger partial charge in [0.1, 0.15) is 11.3 Å². The van der Waals surface area contributed by atoms with E-state index in [2.05, 4.69) is 48.9 Å². The number of rotatable bonds is 3. The summed E-state index contributed by atoms with van der Waals surface area (Å²) in [5.41, 5.74) is 6.69. The first-order valence-electron chi connectivity index (χ1n) is 8.90. The Morgan fingerprint density at radius 1 is 1.12 bits per heavy atom. The maximum Gasteiger partial charge on any atom is 0.159 e. The lowest BCUT2D eigenvalue weighted by molar-refractivity contribution is 0.237. The maximum atomic E-state index is 4.77. The number of H-pyrrole nitrogens is 1. The molecule has 1 N–H and O–H groups in total. The molecule has 130 valence electrons. The Bertz CT molecular complexity index is 1060. The number of imidazole rings is 1. The molecule has 1 aliphatic heterocycles. The topological polar surface area (TPSA) is 62.6 Å². The summed E-state index contributed by atoms with van der Waals surface area (Å²) in [6.07, 6.45) is 2.80. The fraction of sp³-hybridized carbons (Fsp3) is 0.250. The lowest BCUT2D eigenvalue weighted by Crippen LogP contribution is -2.31. The summed E-state index contributed by atoms with van der Waals surface area (Å²) in [5, 5.41) is 7.81. The van der Waals surface area contributed by atoms with Gasteiger partial charge in [-0.05, 0) is 12.1 Å². The molecule has 0 unspecified atom stereocenters. The summed E-state index contributed by atoms with van der Waals surface area (Å²) in [4.78, 5) is 11.6. The molecule has 4 heterocycles. The number of aromatic nitrogens is 5. The van der Waals surface area contributed by atoms with Crippen LogP contribution in [-0.4, -0.2) is 36.2 Å². The SMILES string of the molecule is Cn1c(CN2CCc3[nH]nc(-c4ccccc4)c3C2)nc2cccnc21. The number of fused-ring (bicyclic) bond motifs is 2. The van der Waals surface area contributed by atoms with Crippen LogP contribution >= 0.6 is 0 Å². The largest absolute Gasteiger partial charge is 0.315 e. The Hall–Kier alpha value is -2.99. The van der Waals surface area contributed by atoms with Gasteiger partial charge in [-0.15, -0.1) is 0 Å². The molecule has 0 spiro atoms. The fourth-order valence-corrected chi connectivity index (χ4v) is 3.73. The molecule has 1 aromatic carbocycles. The molecule has 0 atom stereocenters. The van der Waals surface area contributed by atoms with Crippen molar-refractivity contribution in [1.82, 2.24) is 29.6 Å². The molecule has 0 saturated carbocycles. The number of aromatic amines is 1. The smallest absolute Gasteiger partial charge is 0.159 e. The monoisotopic (exact) mass is 344 g/mol. The van der Waals surface area contributed by atoms with Gasteiger partial charge >= 0.3 is 0 Å². The van der Waals surface area contributed by atoms with E-state index in [0.717, 1.165) is 48.7 Å². The summed E-state index contributed by atoms with van der Waals surface area (Å²) >= 11 is 0. The second-order valence-corrected chi connectivity index (χ2v) is 6.79. The Labute approximate surface area is 151 Å². The Morgan fingerprint density at radius 2 is 2.00 bits per heavy atom. The van der Waals surface area contributed by atoms with Gasteiger partial charge in [-0.3, -0.25) is 10.00 Å². The maximum absolute atomic E-state index is 4.77. The van der Waals surface area contributed by atoms with E-state index < -0.39 is 0 Å². The van der Waals surface area contributed by atoms with Crippen LogP contribution in [0.15, 0.2) is 48.7 Å². The van der Waals surface area contributed by atoms with Crippen molar-refractivity contribution in [1.29, 1.82) is 0 Å². The van der Waals surface area contributed by atoms with Gasteiger partial charge in [0, 0.05) is 49.6 Å². The molecular formula is C20H20N6. The number of benzene rings is 1. The zero-order valence-electron chi connectivity index (χ0n) is 14.7. The minimum atomic E-state index is 0.811. The number of nitrogens with zero attached hydrogens (tertiary/aromatic N) is 5. The van der Waals surface area contributed by atoms with Gasteiger partial charge in [-0.2, -0.15) is 5.10 Å². The second-order valence-electron chi connectivity index (χ2n) is 6.79. The lowest BCUT2D eigenvalue weighted by atomic mass is 10.0. The van der Waals surface area contributed by atoms with E-state index >= 15 is 0 Å². The van der Waals surface area contributed by atoms with Gasteiger partial charge < -0.3 is 4.57 Å². The van der Waals surface area contributed by atoms with E-state index in [-0.39, 0.29) is 0 Å². The molecule has 0 amide bonds. The molecular weight excluding hydrogens is 324 g/mol. The van der Waals surface area contributed by atoms with Gasteiger partial charge in [0.15, 0.2) is 5.65 Å². The first-order chi connectivity index (χ1) is 12.8. The zero-order valence-corrected chi connectivity index (χ0v) is 14.7. The van der Waals surface area contributed by atoms with Crippen LogP contribution < -0.4 is 0 Å². The third-order valence-electron chi connectivity index (χ3n) is 5.15. The van der Waals surface area contributed by atoms with Crippen molar-refractivity contribution < 1.29 is 0 Å². The Balaban J connectivity index is 1.43. The summed E-state index contributed by atoms with van der Waals surface area (Å²) < 4.78 is 2.10. The van der Waals surface area contributed by atoms with Crippen molar-refractivity contribution in [2.24, 2.45) is 7.05 Å². The highest BCUT2D eigenvalue weighted by Gasteiger charge is 2.24. The molecule has 6 heteroatoms. The first-order valence-corrected chi connectivity index (χ1v) is 8.90. The van der Waals surface area contributed by atoms with E-state index in [1.165, 1.54) is 16.8 Å². The average molecular weight is 344 g/mol. The second kappa shape index (κ2) is 6.07. The number of hydrogen-bond acceptors (Lipinski definition) is 4. The molecule has 26 heavy (non-hydrogen) atoms. The van der Waals surface area contributed by atoms with Crippen molar-refractivity contribution in [2.45, 2.75) is 19.5 Å². The summed E-state index contributed by atoms with van der Waals surface area (Å²) in [5.74, 6) is 1.05. The number of aryl methyl sites for hydroxylation is 1. The quantitative estimate of drug-likeness (QED) is 0.621. The van der Waals surface area contributed by atoms with Gasteiger partial charge in [0.2, 0.25) is 0 Å². The normalized spacial score (nSPS) is 14.7. The van der Waals surface area contributed by atoms with E-state index in [1.807, 2.05) is 31.4 Å². The average Bonchev–Trinajstić information content (AvgIpc) is 3.24. The van der Waals surface area contributed by atoms with Crippen molar-refractivity contribution >= 4 is 11.2 Å². The zero-order chi connectivity index (χ0) is 17.5. The summed E-state index contributed by atoms with van der Waals surface area (Å²) in [6, 6.07) is 14.3. The molecule has 0 radical (unpaired) electrons. The van der Waals surface area contributed by atoms with Gasteiger partial charge in [0.05, 0.1) is 12.2 Å². The van der Waals surface area contributed by atoms with E-state index in [4.69, 9.17) is 4.98 Å². The van der Waals surface area contributed by atoms with Crippen LogP contribution in [0.4, 0.5) is 0 Å². The highest BCUT2D eigenvalue weighted by Crippen LogP contribution is 2.29. The third kappa shape index (κ3) is 2.50. The van der Waals surface area contributed by atoms with E-state index in [0.29, 0.717) is 0 Å². The molecule has 4 aromatic rings. The molecule has 5 rings (SSSR count). The number of hydrogen-bond donors (Lipinski definition) is 1. The van der Waals surface area contributed by atoms with Crippen molar-refractivity contribution in [3.05, 3.63) is 65.7 Å². The van der Waals surface area contributed by atoms with Crippen LogP contribution in [-0.2, 0) is 26.6 Å². The van der Waals surface area contributed by atoms with E-state index in [1.54, 1.807) is 0 Å². The standard InChI is InChI=1S/C20H20N6/c1-25-18(22-17-8-5-10-21-20(17)25)13-26-11-9-16-15(12-26)19(24-23-16)14-6-3-2-4-7-14/h2-8,10H,9,11-13H2,1H3,(H,23,24). The summed E-state index contributed by atoms with van der Waals surface area (Å²) in [6.45, 7) is 2.69. The highest BCUT2D eigenvalue weighted by molar-refractivity contribution is 5.71. The third-order valence-corrected chi connectivity index (χ3v) is 5.15. The van der Waals surface area contributed by atoms with Crippen molar-refractivity contribution in [3.8, 4) is 11.3 Å². The number of nitrogens with one attached hydrogen (secondary N) is 1. The molecule has 0 saturated heterocycles. The minimum absolute atomic E-state index is 0.811. The molecule has 1 aliphatic rings. The molecule has 0 bridgehead atoms. The molecule has 3 aromatic heterocycles. The van der Waals surface area contributed by atoms with Gasteiger partial charge in [-0.1, -0.05) is 30.3 Å². The van der Waals surface area contributed by atoms with Crippen LogP contribution in [0.25, 0.3) is 22.4 Å². The Morgan fingerprint density at radius 3 is 2.85 bits per heavy atom. The van der Waals surface area contributed by atoms with Crippen molar-refractivity contribution in [2.75, 3.05) is 6.54 Å². The van der Waals surface area contributed by atoms with E-state index in [9.17, 15) is 0 Å². The van der Waals surface area contributed by atoms with Crippen LogP contribution in [0.1, 0.15) is 17.1 Å². The van der Waals surface area contributed by atoms with Gasteiger partial charge in [0.25, 0.3) is 0 Å². The predicted molar refractivity (Wildman–Crippen MR) is 100 cm³/mol. The Kier molecular flexibility index (Phi) is 3.57. The predicted octanol–water partition coefficient (Wildman–Crippen LogP) is 2.92. The first kappa shape index (κ1) is 15.3. The lowest BCUT2D eigenvalue weighted by Gasteiger charge is -2.26. The minimum Gasteiger partial charge on any atom is -0.315 e. The van der Waals surface area contributed by atoms with Crippen LogP contribution in [0.2, 0.25) is 0 Å². The van der Waals surface area contributed by atoms with Gasteiger partial charge in [-0.25, -0.2) is 9.97 Å².